The van der Waals surface area contributed by atoms with E-state index in [0.717, 1.165) is 37.0 Å². The van der Waals surface area contributed by atoms with Gasteiger partial charge in [-0.15, -0.1) is 0 Å². The zero-order valence-corrected chi connectivity index (χ0v) is 13.1. The molecule has 1 fully saturated rings. The molecule has 0 spiro atoms. The summed E-state index contributed by atoms with van der Waals surface area (Å²) in [5.41, 5.74) is 2.90. The molecule has 1 aromatic rings. The third-order valence-corrected chi connectivity index (χ3v) is 4.83. The van der Waals surface area contributed by atoms with Crippen LogP contribution < -0.4 is 4.90 Å². The SMILES string of the molecule is CC1=C(N2CCN(c3ncccc3Cl)CC2)C(C)N1C. The Hall–Kier alpha value is -1.42. The molecule has 0 saturated carbocycles. The minimum atomic E-state index is 0.542. The average molecular weight is 293 g/mol. The van der Waals surface area contributed by atoms with Crippen LogP contribution in [0.3, 0.4) is 0 Å². The number of hydrogen-bond donors (Lipinski definition) is 0. The predicted octanol–water partition coefficient (Wildman–Crippen LogP) is 2.42. The first-order valence-corrected chi connectivity index (χ1v) is 7.51. The molecule has 0 radical (unpaired) electrons. The molecule has 4 nitrogen and oxygen atoms in total. The number of anilines is 1. The van der Waals surface area contributed by atoms with Gasteiger partial charge in [0, 0.05) is 45.1 Å². The van der Waals surface area contributed by atoms with Gasteiger partial charge >= 0.3 is 0 Å². The lowest BCUT2D eigenvalue weighted by Gasteiger charge is -2.49. The molecule has 2 aliphatic heterocycles. The molecule has 1 aromatic heterocycles. The maximum atomic E-state index is 6.23. The molecule has 1 unspecified atom stereocenters. The fourth-order valence-electron chi connectivity index (χ4n) is 3.15. The first-order chi connectivity index (χ1) is 9.59. The molecule has 0 N–H and O–H groups in total. The topological polar surface area (TPSA) is 22.6 Å². The average Bonchev–Trinajstić information content (AvgIpc) is 2.48. The summed E-state index contributed by atoms with van der Waals surface area (Å²) in [4.78, 5) is 11.5. The zero-order chi connectivity index (χ0) is 14.3. The Morgan fingerprint density at radius 2 is 1.85 bits per heavy atom. The maximum Gasteiger partial charge on any atom is 0.147 e. The van der Waals surface area contributed by atoms with Gasteiger partial charge in [-0.3, -0.25) is 0 Å². The lowest BCUT2D eigenvalue weighted by atomic mass is 10.0. The fourth-order valence-corrected chi connectivity index (χ4v) is 3.39. The summed E-state index contributed by atoms with van der Waals surface area (Å²) in [6.45, 7) is 8.51. The van der Waals surface area contributed by atoms with Gasteiger partial charge in [0.1, 0.15) is 5.82 Å². The Morgan fingerprint density at radius 3 is 2.45 bits per heavy atom. The number of hydrogen-bond acceptors (Lipinski definition) is 4. The Morgan fingerprint density at radius 1 is 1.20 bits per heavy atom. The van der Waals surface area contributed by atoms with Crippen LogP contribution >= 0.6 is 11.6 Å². The summed E-state index contributed by atoms with van der Waals surface area (Å²) in [5.74, 6) is 0.915. The first kappa shape index (κ1) is 13.6. The van der Waals surface area contributed by atoms with Crippen LogP contribution in [-0.2, 0) is 0 Å². The smallest absolute Gasteiger partial charge is 0.147 e. The number of likely N-dealkylation sites (N-methyl/N-ethyl adjacent to an activating group) is 1. The van der Waals surface area contributed by atoms with Crippen LogP contribution in [-0.4, -0.2) is 54.1 Å². The van der Waals surface area contributed by atoms with Crippen LogP contribution in [0.1, 0.15) is 13.8 Å². The van der Waals surface area contributed by atoms with Crippen molar-refractivity contribution in [2.75, 3.05) is 38.1 Å². The maximum absolute atomic E-state index is 6.23. The van der Waals surface area contributed by atoms with Gasteiger partial charge in [-0.05, 0) is 26.0 Å². The monoisotopic (exact) mass is 292 g/mol. The second kappa shape index (κ2) is 5.17. The second-order valence-electron chi connectivity index (χ2n) is 5.54. The Balaban J connectivity index is 1.68. The van der Waals surface area contributed by atoms with Gasteiger partial charge in [0.05, 0.1) is 16.8 Å². The Bertz CT molecular complexity index is 534. The van der Waals surface area contributed by atoms with Gasteiger partial charge in [0.15, 0.2) is 0 Å². The molecule has 1 atom stereocenters. The number of nitrogens with zero attached hydrogens (tertiary/aromatic N) is 4. The van der Waals surface area contributed by atoms with Crippen LogP contribution in [0.5, 0.6) is 0 Å². The molecule has 3 rings (SSSR count). The van der Waals surface area contributed by atoms with Crippen molar-refractivity contribution in [3.05, 3.63) is 34.7 Å². The lowest BCUT2D eigenvalue weighted by molar-refractivity contribution is 0.185. The second-order valence-corrected chi connectivity index (χ2v) is 5.95. The lowest BCUT2D eigenvalue weighted by Crippen LogP contribution is -2.54. The molecular weight excluding hydrogens is 272 g/mol. The fraction of sp³-hybridized carbons (Fsp3) is 0.533. The van der Waals surface area contributed by atoms with Gasteiger partial charge in [-0.2, -0.15) is 0 Å². The molecule has 108 valence electrons. The third kappa shape index (κ3) is 2.12. The minimum absolute atomic E-state index is 0.542. The van der Waals surface area contributed by atoms with Gasteiger partial charge in [-0.25, -0.2) is 4.98 Å². The van der Waals surface area contributed by atoms with Crippen molar-refractivity contribution in [2.24, 2.45) is 0 Å². The van der Waals surface area contributed by atoms with E-state index in [2.05, 4.69) is 40.6 Å². The van der Waals surface area contributed by atoms with Crippen molar-refractivity contribution in [3.8, 4) is 0 Å². The van der Waals surface area contributed by atoms with E-state index in [4.69, 9.17) is 11.6 Å². The number of rotatable bonds is 2. The first-order valence-electron chi connectivity index (χ1n) is 7.13. The van der Waals surface area contributed by atoms with Gasteiger partial charge in [0.2, 0.25) is 0 Å². The minimum Gasteiger partial charge on any atom is -0.368 e. The third-order valence-electron chi connectivity index (χ3n) is 4.54. The van der Waals surface area contributed by atoms with Gasteiger partial charge < -0.3 is 14.7 Å². The van der Waals surface area contributed by atoms with Crippen molar-refractivity contribution in [1.82, 2.24) is 14.8 Å². The van der Waals surface area contributed by atoms with E-state index >= 15 is 0 Å². The molecule has 0 bridgehead atoms. The van der Waals surface area contributed by atoms with Crippen molar-refractivity contribution in [1.29, 1.82) is 0 Å². The highest BCUT2D eigenvalue weighted by molar-refractivity contribution is 6.32. The summed E-state index contributed by atoms with van der Waals surface area (Å²) >= 11 is 6.23. The van der Waals surface area contributed by atoms with Crippen molar-refractivity contribution in [3.63, 3.8) is 0 Å². The highest BCUT2D eigenvalue weighted by atomic mass is 35.5. The van der Waals surface area contributed by atoms with E-state index in [-0.39, 0.29) is 0 Å². The number of halogens is 1. The highest BCUT2D eigenvalue weighted by Gasteiger charge is 2.33. The number of aromatic nitrogens is 1. The van der Waals surface area contributed by atoms with E-state index in [1.807, 2.05) is 18.3 Å². The molecule has 1 saturated heterocycles. The highest BCUT2D eigenvalue weighted by Crippen LogP contribution is 2.32. The van der Waals surface area contributed by atoms with E-state index in [0.29, 0.717) is 6.04 Å². The molecule has 3 heterocycles. The normalized spacial score (nSPS) is 23.2. The summed E-state index contributed by atoms with van der Waals surface area (Å²) in [6, 6.07) is 4.33. The summed E-state index contributed by atoms with van der Waals surface area (Å²) in [5, 5.41) is 0.744. The largest absolute Gasteiger partial charge is 0.368 e. The summed E-state index contributed by atoms with van der Waals surface area (Å²) in [7, 11) is 2.16. The van der Waals surface area contributed by atoms with Crippen LogP contribution in [0.4, 0.5) is 5.82 Å². The molecular formula is C15H21ClN4. The number of pyridine rings is 1. The van der Waals surface area contributed by atoms with Gasteiger partial charge in [0.25, 0.3) is 0 Å². The molecule has 0 aromatic carbocycles. The molecule has 20 heavy (non-hydrogen) atoms. The molecule has 5 heteroatoms. The molecule has 2 aliphatic rings. The van der Waals surface area contributed by atoms with Crippen molar-refractivity contribution >= 4 is 17.4 Å². The Kier molecular flexibility index (Phi) is 3.50. The predicted molar refractivity (Wildman–Crippen MR) is 83.0 cm³/mol. The summed E-state index contributed by atoms with van der Waals surface area (Å²) in [6.07, 6.45) is 1.81. The summed E-state index contributed by atoms with van der Waals surface area (Å²) < 4.78 is 0. The number of allylic oxidation sites excluding steroid dienone is 1. The quantitative estimate of drug-likeness (QED) is 0.835. The Labute approximate surface area is 125 Å². The standard InChI is InChI=1S/C15H21ClN4/c1-11-14(12(2)18(11)3)19-7-9-20(10-8-19)15-13(16)5-4-6-17-15/h4-6,11H,7-10H2,1-3H3. The van der Waals surface area contributed by atoms with Gasteiger partial charge in [-0.1, -0.05) is 11.6 Å². The van der Waals surface area contributed by atoms with Crippen LogP contribution in [0.25, 0.3) is 0 Å². The van der Waals surface area contributed by atoms with Crippen molar-refractivity contribution < 1.29 is 0 Å². The van der Waals surface area contributed by atoms with E-state index in [9.17, 15) is 0 Å². The molecule has 0 amide bonds. The zero-order valence-electron chi connectivity index (χ0n) is 12.3. The van der Waals surface area contributed by atoms with Crippen molar-refractivity contribution in [2.45, 2.75) is 19.9 Å². The van der Waals surface area contributed by atoms with Crippen LogP contribution in [0, 0.1) is 0 Å². The van der Waals surface area contributed by atoms with Crippen LogP contribution in [0.15, 0.2) is 29.7 Å². The van der Waals surface area contributed by atoms with E-state index in [1.54, 1.807) is 0 Å². The number of piperazine rings is 1. The van der Waals surface area contributed by atoms with E-state index < -0.39 is 0 Å². The van der Waals surface area contributed by atoms with E-state index in [1.165, 1.54) is 11.4 Å². The van der Waals surface area contributed by atoms with Crippen LogP contribution in [0.2, 0.25) is 5.02 Å². The molecule has 0 aliphatic carbocycles.